The van der Waals surface area contributed by atoms with Crippen molar-refractivity contribution in [3.8, 4) is 33.6 Å². The number of hydrogen-bond acceptors (Lipinski definition) is 3. The van der Waals surface area contributed by atoms with Crippen molar-refractivity contribution in [3.05, 3.63) is 96.8 Å². The predicted octanol–water partition coefficient (Wildman–Crippen LogP) is 6.07. The molecule has 0 aliphatic carbocycles. The molecule has 0 amide bonds. The lowest BCUT2D eigenvalue weighted by Gasteiger charge is -2.07. The number of esters is 1. The van der Waals surface area contributed by atoms with E-state index in [9.17, 15) is 4.79 Å². The summed E-state index contributed by atoms with van der Waals surface area (Å²) in [7, 11) is 1.37. The summed E-state index contributed by atoms with van der Waals surface area (Å²) < 4.78 is 11.1. The molecule has 3 heteroatoms. The summed E-state index contributed by atoms with van der Waals surface area (Å²) >= 11 is 0. The highest BCUT2D eigenvalue weighted by molar-refractivity contribution is 6.04. The molecular formula is C24H18O3. The molecule has 0 unspecified atom stereocenters. The largest absolute Gasteiger partial charge is 0.463 e. The second-order valence-corrected chi connectivity index (χ2v) is 6.10. The lowest BCUT2D eigenvalue weighted by Crippen LogP contribution is -2.01. The average molecular weight is 354 g/mol. The molecule has 0 atom stereocenters. The van der Waals surface area contributed by atoms with Crippen LogP contribution < -0.4 is 0 Å². The molecule has 27 heavy (non-hydrogen) atoms. The highest BCUT2D eigenvalue weighted by Crippen LogP contribution is 2.44. The van der Waals surface area contributed by atoms with Crippen LogP contribution >= 0.6 is 0 Å². The number of carbonyl (C=O) groups is 1. The van der Waals surface area contributed by atoms with Crippen LogP contribution in [0.4, 0.5) is 0 Å². The van der Waals surface area contributed by atoms with Crippen molar-refractivity contribution >= 4 is 5.97 Å². The smallest absolute Gasteiger partial charge is 0.374 e. The van der Waals surface area contributed by atoms with Gasteiger partial charge in [-0.25, -0.2) is 4.79 Å². The summed E-state index contributed by atoms with van der Waals surface area (Å²) in [6.07, 6.45) is 0. The number of carbonyl (C=O) groups excluding carboxylic acids is 1. The van der Waals surface area contributed by atoms with Crippen molar-refractivity contribution < 1.29 is 13.9 Å². The first-order chi connectivity index (χ1) is 13.3. The fourth-order valence-electron chi connectivity index (χ4n) is 3.22. The van der Waals surface area contributed by atoms with E-state index in [1.807, 2.05) is 91.0 Å². The van der Waals surface area contributed by atoms with Crippen LogP contribution in [-0.4, -0.2) is 13.1 Å². The van der Waals surface area contributed by atoms with Gasteiger partial charge in [0.25, 0.3) is 0 Å². The zero-order valence-corrected chi connectivity index (χ0v) is 14.9. The lowest BCUT2D eigenvalue weighted by molar-refractivity contribution is 0.0567. The quantitative estimate of drug-likeness (QED) is 0.418. The average Bonchev–Trinajstić information content (AvgIpc) is 3.16. The van der Waals surface area contributed by atoms with Crippen LogP contribution in [-0.2, 0) is 4.74 Å². The van der Waals surface area contributed by atoms with Crippen molar-refractivity contribution in [1.29, 1.82) is 0 Å². The fraction of sp³-hybridized carbons (Fsp3) is 0.0417. The third-order valence-electron chi connectivity index (χ3n) is 4.44. The maximum atomic E-state index is 12.5. The predicted molar refractivity (Wildman–Crippen MR) is 106 cm³/mol. The Morgan fingerprint density at radius 3 is 1.59 bits per heavy atom. The van der Waals surface area contributed by atoms with Gasteiger partial charge in [-0.3, -0.25) is 0 Å². The molecule has 0 aliphatic rings. The molecule has 132 valence electrons. The van der Waals surface area contributed by atoms with Crippen LogP contribution in [0, 0.1) is 0 Å². The first-order valence-electron chi connectivity index (χ1n) is 8.71. The molecule has 4 rings (SSSR count). The van der Waals surface area contributed by atoms with Gasteiger partial charge in [0.15, 0.2) is 0 Å². The summed E-state index contributed by atoms with van der Waals surface area (Å²) in [6, 6.07) is 29.5. The van der Waals surface area contributed by atoms with Crippen molar-refractivity contribution in [3.63, 3.8) is 0 Å². The second kappa shape index (κ2) is 7.34. The first kappa shape index (κ1) is 16.9. The second-order valence-electron chi connectivity index (χ2n) is 6.10. The van der Waals surface area contributed by atoms with Crippen molar-refractivity contribution in [2.24, 2.45) is 0 Å². The highest BCUT2D eigenvalue weighted by atomic mass is 16.5. The van der Waals surface area contributed by atoms with Crippen LogP contribution in [0.25, 0.3) is 33.6 Å². The zero-order chi connectivity index (χ0) is 18.6. The summed E-state index contributed by atoms with van der Waals surface area (Å²) in [4.78, 5) is 12.5. The molecule has 0 saturated heterocycles. The highest BCUT2D eigenvalue weighted by Gasteiger charge is 2.28. The number of ether oxygens (including phenoxy) is 1. The molecule has 0 bridgehead atoms. The number of methoxy groups -OCH3 is 1. The Labute approximate surface area is 157 Å². The van der Waals surface area contributed by atoms with Crippen LogP contribution in [0.2, 0.25) is 0 Å². The monoisotopic (exact) mass is 354 g/mol. The van der Waals surface area contributed by atoms with Gasteiger partial charge >= 0.3 is 5.97 Å². The van der Waals surface area contributed by atoms with Gasteiger partial charge in [-0.05, 0) is 11.1 Å². The Balaban J connectivity index is 2.09. The molecule has 1 heterocycles. The normalized spacial score (nSPS) is 10.6. The van der Waals surface area contributed by atoms with E-state index in [0.717, 1.165) is 27.8 Å². The molecule has 0 aliphatic heterocycles. The summed E-state index contributed by atoms with van der Waals surface area (Å²) in [5.41, 5.74) is 4.42. The van der Waals surface area contributed by atoms with Gasteiger partial charge in [0.05, 0.1) is 7.11 Å². The lowest BCUT2D eigenvalue weighted by atomic mass is 9.93. The molecule has 4 aromatic rings. The molecular weight excluding hydrogens is 336 g/mol. The maximum Gasteiger partial charge on any atom is 0.374 e. The van der Waals surface area contributed by atoms with Crippen LogP contribution in [0.3, 0.4) is 0 Å². The Morgan fingerprint density at radius 2 is 1.11 bits per heavy atom. The van der Waals surface area contributed by atoms with Crippen molar-refractivity contribution in [1.82, 2.24) is 0 Å². The molecule has 0 N–H and O–H groups in total. The Morgan fingerprint density at radius 1 is 0.667 bits per heavy atom. The number of rotatable bonds is 4. The van der Waals surface area contributed by atoms with E-state index in [1.165, 1.54) is 7.11 Å². The Bertz CT molecular complexity index is 1050. The van der Waals surface area contributed by atoms with E-state index in [-0.39, 0.29) is 5.76 Å². The Hall–Kier alpha value is -3.59. The van der Waals surface area contributed by atoms with E-state index in [2.05, 4.69) is 0 Å². The number of benzene rings is 3. The van der Waals surface area contributed by atoms with Crippen molar-refractivity contribution in [2.45, 2.75) is 0 Å². The fourth-order valence-corrected chi connectivity index (χ4v) is 3.22. The third-order valence-corrected chi connectivity index (χ3v) is 4.44. The van der Waals surface area contributed by atoms with Crippen LogP contribution in [0.1, 0.15) is 10.6 Å². The van der Waals surface area contributed by atoms with Gasteiger partial charge in [0.1, 0.15) is 5.76 Å². The third kappa shape index (κ3) is 3.15. The van der Waals surface area contributed by atoms with Gasteiger partial charge in [0, 0.05) is 16.7 Å². The first-order valence-corrected chi connectivity index (χ1v) is 8.71. The van der Waals surface area contributed by atoms with E-state index in [1.54, 1.807) is 0 Å². The zero-order valence-electron chi connectivity index (χ0n) is 14.9. The van der Waals surface area contributed by atoms with Gasteiger partial charge in [-0.1, -0.05) is 91.0 Å². The van der Waals surface area contributed by atoms with Crippen LogP contribution in [0.5, 0.6) is 0 Å². The Kier molecular flexibility index (Phi) is 4.58. The molecule has 3 nitrogen and oxygen atoms in total. The minimum Gasteiger partial charge on any atom is -0.463 e. The summed E-state index contributed by atoms with van der Waals surface area (Å²) in [5, 5.41) is 0. The van der Waals surface area contributed by atoms with Crippen LogP contribution in [0.15, 0.2) is 95.4 Å². The molecule has 3 aromatic carbocycles. The maximum absolute atomic E-state index is 12.5. The minimum atomic E-state index is -0.492. The van der Waals surface area contributed by atoms with Crippen molar-refractivity contribution in [2.75, 3.05) is 7.11 Å². The molecule has 0 spiro atoms. The molecule has 1 aromatic heterocycles. The summed E-state index contributed by atoms with van der Waals surface area (Å²) in [5.74, 6) is 0.371. The molecule has 0 fully saturated rings. The SMILES string of the molecule is COC(=O)c1oc(-c2ccccc2)c(-c2ccccc2)c1-c1ccccc1. The molecule has 0 radical (unpaired) electrons. The number of hydrogen-bond donors (Lipinski definition) is 0. The van der Waals surface area contributed by atoms with Gasteiger partial charge in [0.2, 0.25) is 5.76 Å². The topological polar surface area (TPSA) is 39.4 Å². The van der Waals surface area contributed by atoms with E-state index < -0.39 is 5.97 Å². The minimum absolute atomic E-state index is 0.210. The van der Waals surface area contributed by atoms with E-state index >= 15 is 0 Å². The van der Waals surface area contributed by atoms with Gasteiger partial charge in [-0.15, -0.1) is 0 Å². The molecule has 0 saturated carbocycles. The summed E-state index contributed by atoms with van der Waals surface area (Å²) in [6.45, 7) is 0. The van der Waals surface area contributed by atoms with Gasteiger partial charge < -0.3 is 9.15 Å². The van der Waals surface area contributed by atoms with Gasteiger partial charge in [-0.2, -0.15) is 0 Å². The number of furan rings is 1. The van der Waals surface area contributed by atoms with E-state index in [4.69, 9.17) is 9.15 Å². The van der Waals surface area contributed by atoms with E-state index in [0.29, 0.717) is 5.76 Å². The standard InChI is InChI=1S/C24H18O3/c1-26-24(25)23-21(18-13-7-3-8-14-18)20(17-11-5-2-6-12-17)22(27-23)19-15-9-4-10-16-19/h2-16H,1H3.